The highest BCUT2D eigenvalue weighted by atomic mass is 32.2. The lowest BCUT2D eigenvalue weighted by atomic mass is 10.2. The van der Waals surface area contributed by atoms with Gasteiger partial charge in [0.25, 0.3) is 5.91 Å². The van der Waals surface area contributed by atoms with Crippen molar-refractivity contribution in [1.82, 2.24) is 19.2 Å². The number of carbonyl (C=O) groups excluding carboxylic acids is 2. The number of nitrogens with zero attached hydrogens (tertiary/aromatic N) is 4. The van der Waals surface area contributed by atoms with Crippen molar-refractivity contribution in [3.05, 3.63) is 72.4 Å². The third-order valence-corrected chi connectivity index (χ3v) is 5.81. The van der Waals surface area contributed by atoms with E-state index in [0.29, 0.717) is 29.9 Å². The number of fused-ring (bicyclic) bond motifs is 2. The largest absolute Gasteiger partial charge is 0.325 e. The molecular weight excluding hydrogens is 400 g/mol. The summed E-state index contributed by atoms with van der Waals surface area (Å²) in [6.45, 7) is 0.500. The van der Waals surface area contributed by atoms with Crippen molar-refractivity contribution in [3.8, 4) is 0 Å². The Morgan fingerprint density at radius 2 is 2.17 bits per heavy atom. The van der Waals surface area contributed by atoms with Crippen molar-refractivity contribution in [2.24, 2.45) is 0 Å². The van der Waals surface area contributed by atoms with E-state index < -0.39 is 0 Å². The van der Waals surface area contributed by atoms with Crippen molar-refractivity contribution in [1.29, 1.82) is 0 Å². The van der Waals surface area contributed by atoms with Crippen LogP contribution in [-0.2, 0) is 11.3 Å². The molecule has 1 aromatic carbocycles. The molecule has 2 amide bonds. The predicted molar refractivity (Wildman–Crippen MR) is 115 cm³/mol. The van der Waals surface area contributed by atoms with Crippen LogP contribution in [0.25, 0.3) is 5.65 Å². The number of aromatic nitrogens is 4. The molecule has 0 unspecified atom stereocenters. The summed E-state index contributed by atoms with van der Waals surface area (Å²) in [6, 6.07) is 11.2. The Morgan fingerprint density at radius 3 is 3.07 bits per heavy atom. The van der Waals surface area contributed by atoms with E-state index in [4.69, 9.17) is 0 Å². The van der Waals surface area contributed by atoms with Crippen LogP contribution < -0.4 is 10.6 Å². The Morgan fingerprint density at radius 1 is 1.23 bits per heavy atom. The van der Waals surface area contributed by atoms with Crippen molar-refractivity contribution in [2.45, 2.75) is 17.9 Å². The topological polar surface area (TPSA) is 93.3 Å². The lowest BCUT2D eigenvalue weighted by Gasteiger charge is -2.09. The van der Waals surface area contributed by atoms with Gasteiger partial charge in [-0.25, -0.2) is 4.98 Å². The first-order chi connectivity index (χ1) is 14.6. The van der Waals surface area contributed by atoms with Crippen LogP contribution in [0.3, 0.4) is 0 Å². The number of rotatable bonds is 4. The quantitative estimate of drug-likeness (QED) is 0.531. The molecule has 0 fully saturated rings. The maximum atomic E-state index is 12.7. The molecule has 0 bridgehead atoms. The van der Waals surface area contributed by atoms with E-state index in [9.17, 15) is 9.59 Å². The van der Waals surface area contributed by atoms with Crippen LogP contribution in [-0.4, -0.2) is 36.7 Å². The summed E-state index contributed by atoms with van der Waals surface area (Å²) >= 11 is 1.61. The molecule has 9 heteroatoms. The number of benzene rings is 1. The number of hydrogen-bond donors (Lipinski definition) is 2. The van der Waals surface area contributed by atoms with Gasteiger partial charge in [0, 0.05) is 41.2 Å². The summed E-state index contributed by atoms with van der Waals surface area (Å²) in [5.74, 6) is 0.441. The molecule has 0 saturated carbocycles. The average molecular weight is 418 g/mol. The maximum absolute atomic E-state index is 12.7. The van der Waals surface area contributed by atoms with E-state index >= 15 is 0 Å². The minimum atomic E-state index is -0.256. The first-order valence-corrected chi connectivity index (χ1v) is 10.5. The highest BCUT2D eigenvalue weighted by molar-refractivity contribution is 7.99. The zero-order valence-corrected chi connectivity index (χ0v) is 16.7. The monoisotopic (exact) mass is 418 g/mol. The summed E-state index contributed by atoms with van der Waals surface area (Å²) in [5.41, 5.74) is 3.50. The zero-order valence-electron chi connectivity index (χ0n) is 15.9. The van der Waals surface area contributed by atoms with Crippen LogP contribution in [0.15, 0.2) is 66.1 Å². The molecular formula is C21H18N6O2S. The van der Waals surface area contributed by atoms with Crippen LogP contribution >= 0.6 is 11.8 Å². The fourth-order valence-corrected chi connectivity index (χ4v) is 4.25. The molecule has 8 nitrogen and oxygen atoms in total. The van der Waals surface area contributed by atoms with E-state index in [-0.39, 0.29) is 11.8 Å². The van der Waals surface area contributed by atoms with Crippen molar-refractivity contribution >= 4 is 40.6 Å². The lowest BCUT2D eigenvalue weighted by molar-refractivity contribution is -0.115. The molecule has 4 aromatic rings. The summed E-state index contributed by atoms with van der Waals surface area (Å²) in [7, 11) is 0. The third-order valence-electron chi connectivity index (χ3n) is 4.73. The Labute approximate surface area is 176 Å². The summed E-state index contributed by atoms with van der Waals surface area (Å²) in [6.07, 6.45) is 7.74. The van der Waals surface area contributed by atoms with Gasteiger partial charge in [0.2, 0.25) is 5.91 Å². The molecule has 1 aliphatic rings. The van der Waals surface area contributed by atoms with Gasteiger partial charge in [0.1, 0.15) is 5.65 Å². The summed E-state index contributed by atoms with van der Waals surface area (Å²) < 4.78 is 3.68. The van der Waals surface area contributed by atoms with Gasteiger partial charge in [0.05, 0.1) is 29.8 Å². The number of imidazole rings is 1. The third kappa shape index (κ3) is 3.79. The van der Waals surface area contributed by atoms with Gasteiger partial charge >= 0.3 is 0 Å². The second-order valence-electron chi connectivity index (χ2n) is 6.94. The molecule has 0 spiro atoms. The Hall–Kier alpha value is -3.59. The average Bonchev–Trinajstić information content (AvgIpc) is 3.29. The Balaban J connectivity index is 1.29. The molecule has 0 atom stereocenters. The first-order valence-electron chi connectivity index (χ1n) is 9.47. The van der Waals surface area contributed by atoms with Crippen molar-refractivity contribution in [3.63, 3.8) is 0 Å². The SMILES string of the molecule is O=C1CCSc2ccc(C(=O)Nc3cnn(Cc4cn5ccccc5n4)c3)cc2N1. The van der Waals surface area contributed by atoms with E-state index in [0.717, 1.165) is 22.0 Å². The Kier molecular flexibility index (Phi) is 4.72. The van der Waals surface area contributed by atoms with Crippen LogP contribution in [0.2, 0.25) is 0 Å². The standard InChI is InChI=1S/C21H18N6O2S/c28-20-6-8-30-18-5-4-14(9-17(18)25-20)21(29)24-15-10-22-27(12-15)13-16-11-26-7-2-1-3-19(26)23-16/h1-5,7,9-12H,6,8,13H2,(H,24,29)(H,25,28). The van der Waals surface area contributed by atoms with Crippen LogP contribution in [0.5, 0.6) is 0 Å². The second-order valence-corrected chi connectivity index (χ2v) is 8.07. The fraction of sp³-hybridized carbons (Fsp3) is 0.143. The predicted octanol–water partition coefficient (Wildman–Crippen LogP) is 3.27. The number of anilines is 2. The minimum absolute atomic E-state index is 0.0352. The molecule has 0 aliphatic carbocycles. The first kappa shape index (κ1) is 18.4. The molecule has 3 aromatic heterocycles. The van der Waals surface area contributed by atoms with Gasteiger partial charge < -0.3 is 15.0 Å². The van der Waals surface area contributed by atoms with E-state index in [1.54, 1.807) is 41.0 Å². The molecule has 30 heavy (non-hydrogen) atoms. The molecule has 0 saturated heterocycles. The van der Waals surface area contributed by atoms with Gasteiger partial charge in [-0.1, -0.05) is 6.07 Å². The van der Waals surface area contributed by atoms with Gasteiger partial charge in [-0.15, -0.1) is 11.8 Å². The van der Waals surface area contributed by atoms with Gasteiger partial charge in [-0.3, -0.25) is 14.3 Å². The maximum Gasteiger partial charge on any atom is 0.255 e. The smallest absolute Gasteiger partial charge is 0.255 e. The number of thioether (sulfide) groups is 1. The van der Waals surface area contributed by atoms with E-state index in [1.807, 2.05) is 41.1 Å². The lowest BCUT2D eigenvalue weighted by Crippen LogP contribution is -2.14. The fourth-order valence-electron chi connectivity index (χ4n) is 3.31. The Bertz CT molecular complexity index is 1230. The van der Waals surface area contributed by atoms with Gasteiger partial charge in [0.15, 0.2) is 0 Å². The molecule has 4 heterocycles. The number of pyridine rings is 1. The minimum Gasteiger partial charge on any atom is -0.325 e. The molecule has 1 aliphatic heterocycles. The number of carbonyl (C=O) groups is 2. The normalized spacial score (nSPS) is 13.5. The van der Waals surface area contributed by atoms with Gasteiger partial charge in [-0.2, -0.15) is 5.10 Å². The molecule has 2 N–H and O–H groups in total. The molecule has 0 radical (unpaired) electrons. The van der Waals surface area contributed by atoms with Crippen molar-refractivity contribution < 1.29 is 9.59 Å². The molecule has 150 valence electrons. The number of hydrogen-bond acceptors (Lipinski definition) is 5. The van der Waals surface area contributed by atoms with E-state index in [2.05, 4.69) is 20.7 Å². The van der Waals surface area contributed by atoms with E-state index in [1.165, 1.54) is 0 Å². The van der Waals surface area contributed by atoms with Crippen LogP contribution in [0.1, 0.15) is 22.5 Å². The zero-order chi connectivity index (χ0) is 20.5. The number of nitrogens with one attached hydrogen (secondary N) is 2. The highest BCUT2D eigenvalue weighted by Gasteiger charge is 2.16. The van der Waals surface area contributed by atoms with Crippen LogP contribution in [0, 0.1) is 0 Å². The summed E-state index contributed by atoms with van der Waals surface area (Å²) in [4.78, 5) is 30.0. The van der Waals surface area contributed by atoms with Crippen molar-refractivity contribution in [2.75, 3.05) is 16.4 Å². The molecule has 5 rings (SSSR count). The highest BCUT2D eigenvalue weighted by Crippen LogP contribution is 2.31. The second kappa shape index (κ2) is 7.68. The summed E-state index contributed by atoms with van der Waals surface area (Å²) in [5, 5.41) is 10.0. The van der Waals surface area contributed by atoms with Gasteiger partial charge in [-0.05, 0) is 30.3 Å². The van der Waals surface area contributed by atoms with Crippen LogP contribution in [0.4, 0.5) is 11.4 Å². The number of amides is 2.